The average Bonchev–Trinajstić information content (AvgIpc) is 3.29. The highest BCUT2D eigenvalue weighted by atomic mass is 35.5. The Morgan fingerprint density at radius 1 is 1.18 bits per heavy atom. The molecular weight excluding hydrogens is 390 g/mol. The Bertz CT molecular complexity index is 1090. The lowest BCUT2D eigenvalue weighted by Crippen LogP contribution is -2.26. The van der Waals surface area contributed by atoms with Crippen LogP contribution in [0.2, 0.25) is 5.02 Å². The number of rotatable bonds is 6. The molecule has 0 bridgehead atoms. The summed E-state index contributed by atoms with van der Waals surface area (Å²) in [6.07, 6.45) is 3.14. The zero-order valence-electron chi connectivity index (χ0n) is 15.4. The molecule has 1 amide bonds. The summed E-state index contributed by atoms with van der Waals surface area (Å²) < 4.78 is 2.07. The second kappa shape index (κ2) is 8.17. The molecule has 0 aliphatic heterocycles. The number of nitrogens with zero attached hydrogens (tertiary/aromatic N) is 2. The van der Waals surface area contributed by atoms with Crippen LogP contribution < -0.4 is 5.32 Å². The summed E-state index contributed by atoms with van der Waals surface area (Å²) in [5.74, 6) is 0.0498. The van der Waals surface area contributed by atoms with Crippen molar-refractivity contribution in [1.82, 2.24) is 14.7 Å². The van der Waals surface area contributed by atoms with Gasteiger partial charge in [-0.2, -0.15) is 0 Å². The molecule has 0 saturated heterocycles. The lowest BCUT2D eigenvalue weighted by Gasteiger charge is -2.14. The number of aromatic nitrogens is 2. The normalized spacial score (nSPS) is 12.2. The molecule has 0 fully saturated rings. The fourth-order valence-corrected chi connectivity index (χ4v) is 4.18. The summed E-state index contributed by atoms with van der Waals surface area (Å²) in [5.41, 5.74) is 4.14. The molecule has 0 saturated carbocycles. The molecule has 1 N–H and O–H groups in total. The van der Waals surface area contributed by atoms with Crippen LogP contribution in [0.1, 0.15) is 30.6 Å². The zero-order chi connectivity index (χ0) is 19.5. The Labute approximate surface area is 172 Å². The minimum Gasteiger partial charge on any atom is -0.350 e. The number of thiazole rings is 1. The third kappa shape index (κ3) is 4.11. The molecule has 4 nitrogen and oxygen atoms in total. The van der Waals surface area contributed by atoms with E-state index in [1.165, 1.54) is 0 Å². The van der Waals surface area contributed by atoms with Crippen LogP contribution in [0.3, 0.4) is 0 Å². The Hall–Kier alpha value is -2.63. The summed E-state index contributed by atoms with van der Waals surface area (Å²) >= 11 is 7.56. The summed E-state index contributed by atoms with van der Waals surface area (Å²) in [6.45, 7) is 2.00. The Balaban J connectivity index is 1.42. The number of halogens is 1. The van der Waals surface area contributed by atoms with Gasteiger partial charge in [-0.25, -0.2) is 4.98 Å². The molecule has 0 spiro atoms. The van der Waals surface area contributed by atoms with E-state index in [-0.39, 0.29) is 11.9 Å². The Kier molecular flexibility index (Phi) is 5.46. The maximum Gasteiger partial charge on any atom is 0.220 e. The predicted molar refractivity (Wildman–Crippen MR) is 115 cm³/mol. The topological polar surface area (TPSA) is 46.4 Å². The molecule has 142 valence electrons. The largest absolute Gasteiger partial charge is 0.350 e. The molecule has 0 aliphatic rings. The third-order valence-electron chi connectivity index (χ3n) is 4.71. The molecule has 1 unspecified atom stereocenters. The Morgan fingerprint density at radius 2 is 1.93 bits per heavy atom. The Morgan fingerprint density at radius 3 is 2.68 bits per heavy atom. The van der Waals surface area contributed by atoms with Gasteiger partial charge in [0.1, 0.15) is 0 Å². The van der Waals surface area contributed by atoms with Crippen molar-refractivity contribution in [3.63, 3.8) is 0 Å². The first-order valence-electron chi connectivity index (χ1n) is 9.16. The summed E-state index contributed by atoms with van der Waals surface area (Å²) in [6, 6.07) is 17.7. The number of aryl methyl sites for hydroxylation is 1. The smallest absolute Gasteiger partial charge is 0.220 e. The number of fused-ring (bicyclic) bond motifs is 1. The van der Waals surface area contributed by atoms with Crippen molar-refractivity contribution >= 4 is 33.8 Å². The highest BCUT2D eigenvalue weighted by Gasteiger charge is 2.13. The quantitative estimate of drug-likeness (QED) is 0.455. The molecule has 28 heavy (non-hydrogen) atoms. The number of imidazole rings is 1. The van der Waals surface area contributed by atoms with Crippen molar-refractivity contribution < 1.29 is 4.79 Å². The van der Waals surface area contributed by atoms with Crippen LogP contribution >= 0.6 is 22.9 Å². The second-order valence-corrected chi connectivity index (χ2v) is 7.99. The van der Waals surface area contributed by atoms with Gasteiger partial charge >= 0.3 is 0 Å². The van der Waals surface area contributed by atoms with Gasteiger partial charge in [0, 0.05) is 34.3 Å². The van der Waals surface area contributed by atoms with Gasteiger partial charge in [-0.05, 0) is 31.0 Å². The van der Waals surface area contributed by atoms with E-state index >= 15 is 0 Å². The van der Waals surface area contributed by atoms with Gasteiger partial charge in [0.2, 0.25) is 5.91 Å². The third-order valence-corrected chi connectivity index (χ3v) is 5.85. The van der Waals surface area contributed by atoms with Crippen LogP contribution in [0.4, 0.5) is 0 Å². The van der Waals surface area contributed by atoms with Crippen molar-refractivity contribution in [2.45, 2.75) is 25.8 Å². The number of nitrogens with one attached hydrogen (secondary N) is 1. The molecule has 2 aromatic carbocycles. The highest BCUT2D eigenvalue weighted by Crippen LogP contribution is 2.25. The number of carbonyl (C=O) groups is 1. The van der Waals surface area contributed by atoms with Crippen molar-refractivity contribution in [3.8, 4) is 11.3 Å². The van der Waals surface area contributed by atoms with Gasteiger partial charge in [0.15, 0.2) is 4.96 Å². The van der Waals surface area contributed by atoms with Gasteiger partial charge < -0.3 is 5.32 Å². The van der Waals surface area contributed by atoms with Crippen LogP contribution in [0.5, 0.6) is 0 Å². The molecular formula is C22H20ClN3OS. The van der Waals surface area contributed by atoms with Gasteiger partial charge in [-0.15, -0.1) is 11.3 Å². The van der Waals surface area contributed by atoms with E-state index in [9.17, 15) is 4.79 Å². The predicted octanol–water partition coefficient (Wildman–Crippen LogP) is 5.53. The van der Waals surface area contributed by atoms with Crippen LogP contribution in [0.15, 0.2) is 66.2 Å². The average molecular weight is 410 g/mol. The van der Waals surface area contributed by atoms with E-state index < -0.39 is 0 Å². The summed E-state index contributed by atoms with van der Waals surface area (Å²) in [4.78, 5) is 18.0. The number of hydrogen-bond acceptors (Lipinski definition) is 3. The van der Waals surface area contributed by atoms with Gasteiger partial charge in [-0.3, -0.25) is 9.20 Å². The van der Waals surface area contributed by atoms with Gasteiger partial charge in [0.25, 0.3) is 0 Å². The van der Waals surface area contributed by atoms with E-state index in [0.29, 0.717) is 17.9 Å². The fraction of sp³-hybridized carbons (Fsp3) is 0.182. The summed E-state index contributed by atoms with van der Waals surface area (Å²) in [5, 5.41) is 5.85. The molecule has 2 aromatic heterocycles. The van der Waals surface area contributed by atoms with E-state index in [2.05, 4.69) is 20.1 Å². The monoisotopic (exact) mass is 409 g/mol. The number of carbonyl (C=O) groups excluding carboxylic acids is 1. The first kappa shape index (κ1) is 18.7. The minimum absolute atomic E-state index is 0.000876. The first-order valence-corrected chi connectivity index (χ1v) is 10.4. The molecule has 0 radical (unpaired) electrons. The van der Waals surface area contributed by atoms with Crippen molar-refractivity contribution in [1.29, 1.82) is 0 Å². The van der Waals surface area contributed by atoms with Gasteiger partial charge in [0.05, 0.1) is 11.7 Å². The molecule has 0 aliphatic carbocycles. The number of benzene rings is 2. The maximum absolute atomic E-state index is 12.4. The van der Waals surface area contributed by atoms with Gasteiger partial charge in [-0.1, -0.05) is 54.1 Å². The van der Waals surface area contributed by atoms with Crippen LogP contribution in [-0.4, -0.2) is 15.3 Å². The zero-order valence-corrected chi connectivity index (χ0v) is 17.0. The van der Waals surface area contributed by atoms with Crippen LogP contribution in [0.25, 0.3) is 16.2 Å². The van der Waals surface area contributed by atoms with Crippen molar-refractivity contribution in [2.24, 2.45) is 0 Å². The van der Waals surface area contributed by atoms with Crippen LogP contribution in [0, 0.1) is 0 Å². The van der Waals surface area contributed by atoms with Crippen molar-refractivity contribution in [3.05, 3.63) is 82.5 Å². The first-order chi connectivity index (χ1) is 13.6. The molecule has 2 heterocycles. The minimum atomic E-state index is 0.000876. The fourth-order valence-electron chi connectivity index (χ4n) is 3.15. The molecule has 4 aromatic rings. The van der Waals surface area contributed by atoms with E-state index in [0.717, 1.165) is 27.5 Å². The number of hydrogen-bond donors (Lipinski definition) is 1. The summed E-state index contributed by atoms with van der Waals surface area (Å²) in [7, 11) is 0. The van der Waals surface area contributed by atoms with E-state index in [1.54, 1.807) is 11.3 Å². The van der Waals surface area contributed by atoms with E-state index in [1.807, 2.05) is 67.7 Å². The highest BCUT2D eigenvalue weighted by molar-refractivity contribution is 7.15. The second-order valence-electron chi connectivity index (χ2n) is 6.71. The number of amides is 1. The van der Waals surface area contributed by atoms with Crippen LogP contribution in [-0.2, 0) is 11.2 Å². The van der Waals surface area contributed by atoms with Crippen molar-refractivity contribution in [2.75, 3.05) is 0 Å². The molecule has 6 heteroatoms. The standard InChI is InChI=1S/C22H20ClN3OS/c1-15(16-5-3-2-4-6-16)24-21(27)12-11-19-14-28-22-25-20(13-26(19)22)17-7-9-18(23)10-8-17/h2-10,13-15H,11-12H2,1H3,(H,24,27). The molecule has 1 atom stereocenters. The molecule has 4 rings (SSSR count). The maximum atomic E-state index is 12.4. The lowest BCUT2D eigenvalue weighted by atomic mass is 10.1. The van der Waals surface area contributed by atoms with E-state index in [4.69, 9.17) is 11.6 Å². The SMILES string of the molecule is CC(NC(=O)CCc1csc2nc(-c3ccc(Cl)cc3)cn12)c1ccccc1. The lowest BCUT2D eigenvalue weighted by molar-refractivity contribution is -0.121.